The van der Waals surface area contributed by atoms with E-state index in [0.717, 1.165) is 11.4 Å². The normalized spacial score (nSPS) is 10.0. The third-order valence-corrected chi connectivity index (χ3v) is 2.98. The first-order valence-corrected chi connectivity index (χ1v) is 6.95. The van der Waals surface area contributed by atoms with Gasteiger partial charge in [-0.2, -0.15) is 0 Å². The molecule has 0 saturated carbocycles. The lowest BCUT2D eigenvalue weighted by Crippen LogP contribution is -2.34. The van der Waals surface area contributed by atoms with Crippen molar-refractivity contribution in [2.75, 3.05) is 5.32 Å². The second-order valence-electron chi connectivity index (χ2n) is 4.69. The van der Waals surface area contributed by atoms with Gasteiger partial charge in [-0.3, -0.25) is 20.2 Å². The van der Waals surface area contributed by atoms with Crippen LogP contribution >= 0.6 is 12.2 Å². The molecule has 0 bridgehead atoms. The number of anilines is 1. The second-order valence-corrected chi connectivity index (χ2v) is 5.09. The number of nitrogens with one attached hydrogen (secondary N) is 2. The van der Waals surface area contributed by atoms with Gasteiger partial charge in [-0.15, -0.1) is 0 Å². The molecule has 1 amide bonds. The van der Waals surface area contributed by atoms with Crippen LogP contribution in [-0.4, -0.2) is 25.9 Å². The Morgan fingerprint density at radius 1 is 1.17 bits per heavy atom. The minimum Gasteiger partial charge on any atom is -0.301 e. The SMILES string of the molecule is Cc1cc(C)nc(NC(=S)NC(=O)c2ccc([N+](=O)[O-])cc2)n1. The summed E-state index contributed by atoms with van der Waals surface area (Å²) >= 11 is 5.03. The van der Waals surface area contributed by atoms with Crippen molar-refractivity contribution >= 4 is 34.9 Å². The lowest BCUT2D eigenvalue weighted by atomic mass is 10.2. The average Bonchev–Trinajstić information content (AvgIpc) is 2.45. The predicted molar refractivity (Wildman–Crippen MR) is 88.3 cm³/mol. The summed E-state index contributed by atoms with van der Waals surface area (Å²) in [5.41, 5.74) is 1.70. The zero-order valence-electron chi connectivity index (χ0n) is 12.4. The van der Waals surface area contributed by atoms with Gasteiger partial charge in [0.1, 0.15) is 0 Å². The summed E-state index contributed by atoms with van der Waals surface area (Å²) in [7, 11) is 0. The van der Waals surface area contributed by atoms with Crippen LogP contribution in [0.3, 0.4) is 0 Å². The van der Waals surface area contributed by atoms with E-state index in [1.54, 1.807) is 0 Å². The molecule has 0 saturated heterocycles. The lowest BCUT2D eigenvalue weighted by Gasteiger charge is -2.09. The molecular formula is C14H13N5O3S. The van der Waals surface area contributed by atoms with Crippen LogP contribution in [0, 0.1) is 24.0 Å². The molecule has 8 nitrogen and oxygen atoms in total. The van der Waals surface area contributed by atoms with Gasteiger partial charge in [0.2, 0.25) is 5.95 Å². The standard InChI is InChI=1S/C14H13N5O3S/c1-8-7-9(2)16-13(15-8)18-14(23)17-12(20)10-3-5-11(6-4-10)19(21)22/h3-7H,1-2H3,(H2,15,16,17,18,20,23). The first kappa shape index (κ1) is 16.4. The molecular weight excluding hydrogens is 318 g/mol. The molecule has 1 aromatic heterocycles. The van der Waals surface area contributed by atoms with Gasteiger partial charge in [0.15, 0.2) is 5.11 Å². The number of nitro benzene ring substituents is 1. The Morgan fingerprint density at radius 3 is 2.26 bits per heavy atom. The third kappa shape index (κ3) is 4.51. The number of non-ortho nitro benzene ring substituents is 1. The molecule has 2 aromatic rings. The molecule has 118 valence electrons. The summed E-state index contributed by atoms with van der Waals surface area (Å²) in [6.07, 6.45) is 0. The minimum absolute atomic E-state index is 0.0401. The first-order valence-electron chi connectivity index (χ1n) is 6.54. The fourth-order valence-corrected chi connectivity index (χ4v) is 2.01. The monoisotopic (exact) mass is 331 g/mol. The Bertz CT molecular complexity index is 756. The van der Waals surface area contributed by atoms with Crippen molar-refractivity contribution in [3.8, 4) is 0 Å². The molecule has 0 radical (unpaired) electrons. The maximum Gasteiger partial charge on any atom is 0.269 e. The Balaban J connectivity index is 2.01. The molecule has 1 heterocycles. The number of hydrogen-bond donors (Lipinski definition) is 2. The number of thiocarbonyl (C=S) groups is 1. The highest BCUT2D eigenvalue weighted by Crippen LogP contribution is 2.11. The molecule has 0 spiro atoms. The number of rotatable bonds is 3. The molecule has 2 rings (SSSR count). The van der Waals surface area contributed by atoms with Gasteiger partial charge >= 0.3 is 0 Å². The Kier molecular flexibility index (Phi) is 4.91. The second kappa shape index (κ2) is 6.88. The van der Waals surface area contributed by atoms with E-state index in [1.807, 2.05) is 19.9 Å². The van der Waals surface area contributed by atoms with Crippen molar-refractivity contribution in [2.45, 2.75) is 13.8 Å². The number of hydrogen-bond acceptors (Lipinski definition) is 6. The summed E-state index contributed by atoms with van der Waals surface area (Å²) < 4.78 is 0. The summed E-state index contributed by atoms with van der Waals surface area (Å²) in [5.74, 6) is -0.196. The average molecular weight is 331 g/mol. The van der Waals surface area contributed by atoms with E-state index in [4.69, 9.17) is 12.2 Å². The molecule has 0 atom stereocenters. The van der Waals surface area contributed by atoms with E-state index in [1.165, 1.54) is 24.3 Å². The quantitative estimate of drug-likeness (QED) is 0.503. The van der Waals surface area contributed by atoms with Crippen LogP contribution in [0.5, 0.6) is 0 Å². The fraction of sp³-hybridized carbons (Fsp3) is 0.143. The van der Waals surface area contributed by atoms with Crippen molar-refractivity contribution in [1.82, 2.24) is 15.3 Å². The lowest BCUT2D eigenvalue weighted by molar-refractivity contribution is -0.384. The highest BCUT2D eigenvalue weighted by Gasteiger charge is 2.11. The van der Waals surface area contributed by atoms with Crippen LogP contribution in [0.1, 0.15) is 21.7 Å². The number of aryl methyl sites for hydroxylation is 2. The Labute approximate surface area is 137 Å². The largest absolute Gasteiger partial charge is 0.301 e. The van der Waals surface area contributed by atoms with Gasteiger partial charge in [0, 0.05) is 29.1 Å². The number of amides is 1. The summed E-state index contributed by atoms with van der Waals surface area (Å²) in [4.78, 5) is 30.4. The van der Waals surface area contributed by atoms with E-state index in [9.17, 15) is 14.9 Å². The summed E-state index contributed by atoms with van der Waals surface area (Å²) in [5, 5.41) is 15.8. The molecule has 0 unspecified atom stereocenters. The zero-order chi connectivity index (χ0) is 17.0. The number of carbonyl (C=O) groups is 1. The minimum atomic E-state index is -0.536. The molecule has 23 heavy (non-hydrogen) atoms. The highest BCUT2D eigenvalue weighted by atomic mass is 32.1. The molecule has 0 aliphatic carbocycles. The van der Waals surface area contributed by atoms with E-state index in [2.05, 4.69) is 20.6 Å². The maximum atomic E-state index is 12.0. The topological polar surface area (TPSA) is 110 Å². The van der Waals surface area contributed by atoms with E-state index in [-0.39, 0.29) is 22.3 Å². The van der Waals surface area contributed by atoms with Crippen LogP contribution in [-0.2, 0) is 0 Å². The van der Waals surface area contributed by atoms with Gasteiger partial charge in [-0.25, -0.2) is 9.97 Å². The molecule has 9 heteroatoms. The predicted octanol–water partition coefficient (Wildman–Crippen LogP) is 2.13. The van der Waals surface area contributed by atoms with Crippen molar-refractivity contribution < 1.29 is 9.72 Å². The van der Waals surface area contributed by atoms with Crippen LogP contribution < -0.4 is 10.6 Å². The summed E-state index contributed by atoms with van der Waals surface area (Å²) in [6.45, 7) is 3.64. The molecule has 0 aliphatic heterocycles. The molecule has 2 N–H and O–H groups in total. The fourth-order valence-electron chi connectivity index (χ4n) is 1.82. The van der Waals surface area contributed by atoms with E-state index >= 15 is 0 Å². The molecule has 1 aromatic carbocycles. The first-order chi connectivity index (χ1) is 10.8. The van der Waals surface area contributed by atoms with Crippen molar-refractivity contribution in [2.24, 2.45) is 0 Å². The van der Waals surface area contributed by atoms with E-state index in [0.29, 0.717) is 0 Å². The number of aromatic nitrogens is 2. The number of nitro groups is 1. The van der Waals surface area contributed by atoms with Gasteiger partial charge in [-0.05, 0) is 44.3 Å². The highest BCUT2D eigenvalue weighted by molar-refractivity contribution is 7.80. The molecule has 0 aliphatic rings. The summed E-state index contributed by atoms with van der Waals surface area (Å²) in [6, 6.07) is 7.01. The van der Waals surface area contributed by atoms with Crippen molar-refractivity contribution in [1.29, 1.82) is 0 Å². The number of nitrogens with zero attached hydrogens (tertiary/aromatic N) is 3. The van der Waals surface area contributed by atoms with Gasteiger partial charge < -0.3 is 5.32 Å². The van der Waals surface area contributed by atoms with Gasteiger partial charge in [-0.1, -0.05) is 0 Å². The smallest absolute Gasteiger partial charge is 0.269 e. The van der Waals surface area contributed by atoms with Gasteiger partial charge in [0.05, 0.1) is 4.92 Å². The van der Waals surface area contributed by atoms with Crippen molar-refractivity contribution in [3.05, 3.63) is 57.4 Å². The zero-order valence-corrected chi connectivity index (χ0v) is 13.2. The van der Waals surface area contributed by atoms with Crippen LogP contribution in [0.4, 0.5) is 11.6 Å². The van der Waals surface area contributed by atoms with Gasteiger partial charge in [0.25, 0.3) is 11.6 Å². The number of benzene rings is 1. The van der Waals surface area contributed by atoms with Crippen LogP contribution in [0.2, 0.25) is 0 Å². The van der Waals surface area contributed by atoms with Crippen LogP contribution in [0.15, 0.2) is 30.3 Å². The third-order valence-electron chi connectivity index (χ3n) is 2.77. The van der Waals surface area contributed by atoms with E-state index < -0.39 is 10.8 Å². The van der Waals surface area contributed by atoms with Crippen LogP contribution in [0.25, 0.3) is 0 Å². The van der Waals surface area contributed by atoms with Crippen molar-refractivity contribution in [3.63, 3.8) is 0 Å². The Morgan fingerprint density at radius 2 is 1.74 bits per heavy atom. The Hall–Kier alpha value is -2.94. The molecule has 0 fully saturated rings. The maximum absolute atomic E-state index is 12.0. The number of carbonyl (C=O) groups excluding carboxylic acids is 1.